The minimum Gasteiger partial charge on any atom is -0.335 e. The van der Waals surface area contributed by atoms with Crippen LogP contribution in [0.3, 0.4) is 0 Å². The number of rotatable bonds is 3. The van der Waals surface area contributed by atoms with Crippen LogP contribution >= 0.6 is 0 Å². The summed E-state index contributed by atoms with van der Waals surface area (Å²) in [6, 6.07) is 5.36. The monoisotopic (exact) mass is 490 g/mol. The first-order valence-corrected chi connectivity index (χ1v) is 9.06. The van der Waals surface area contributed by atoms with E-state index in [1.54, 1.807) is 0 Å². The normalized spacial score (nSPS) is 18.4. The van der Waals surface area contributed by atoms with Crippen molar-refractivity contribution in [3.05, 3.63) is 58.7 Å². The number of hydrogen-bond donors (Lipinski definition) is 1. The highest BCUT2D eigenvalue weighted by Gasteiger charge is 2.52. The van der Waals surface area contributed by atoms with E-state index < -0.39 is 76.8 Å². The summed E-state index contributed by atoms with van der Waals surface area (Å²) in [4.78, 5) is 12.7. The second kappa shape index (κ2) is 8.79. The predicted molar refractivity (Wildman–Crippen MR) is 97.9 cm³/mol. The molecule has 1 heterocycles. The molecule has 3 rings (SSSR count). The Bertz CT molecular complexity index is 1210. The van der Waals surface area contributed by atoms with E-state index in [4.69, 9.17) is 15.3 Å². The summed E-state index contributed by atoms with van der Waals surface area (Å²) in [6.07, 6.45) is -15.0. The lowest BCUT2D eigenvalue weighted by Crippen LogP contribution is -2.42. The van der Waals surface area contributed by atoms with Crippen LogP contribution in [0.5, 0.6) is 0 Å². The van der Waals surface area contributed by atoms with Gasteiger partial charge < -0.3 is 15.0 Å². The third-order valence-corrected chi connectivity index (χ3v) is 4.71. The molecule has 6 nitrogen and oxygen atoms in total. The highest BCUT2D eigenvalue weighted by Crippen LogP contribution is 2.39. The lowest BCUT2D eigenvalue weighted by atomic mass is 10.1. The maximum Gasteiger partial charge on any atom is 0.433 e. The first-order chi connectivity index (χ1) is 15.8. The highest BCUT2D eigenvalue weighted by molar-refractivity contribution is 5.95. The molecule has 0 unspecified atom stereocenters. The van der Waals surface area contributed by atoms with E-state index in [1.165, 1.54) is 12.1 Å². The molecule has 0 bridgehead atoms. The van der Waals surface area contributed by atoms with E-state index >= 15 is 0 Å². The van der Waals surface area contributed by atoms with Crippen molar-refractivity contribution < 1.29 is 44.7 Å². The molecule has 2 aromatic carbocycles. The van der Waals surface area contributed by atoms with E-state index in [1.807, 2.05) is 5.32 Å². The third kappa shape index (κ3) is 4.87. The number of amides is 1. The largest absolute Gasteiger partial charge is 0.433 e. The van der Waals surface area contributed by atoms with E-state index in [9.17, 15) is 39.9 Å². The molecule has 1 amide bonds. The lowest BCUT2D eigenvalue weighted by molar-refractivity contribution is -0.212. The summed E-state index contributed by atoms with van der Waals surface area (Å²) < 4.78 is 113. The van der Waals surface area contributed by atoms with Gasteiger partial charge >= 0.3 is 12.4 Å². The standard InChI is InChI=1S/C20H10F8N4O2/c21-13-5-15(14(22)3-10(13)7-30)31-17(33)16-8-32(18(34-16)20(26,27)28)11-2-1-9(6-29)12(4-11)19(23,24)25/h1-5,16,18H,8H2,(H,31,33)/t16-,18+/m0/s1. The SMILES string of the molecule is N#Cc1cc(F)c(NC(=O)[C@@H]2CN(c3ccc(C#N)c(C(F)(F)F)c3)[C@@H](C(F)(F)F)O2)cc1F. The highest BCUT2D eigenvalue weighted by atomic mass is 19.4. The third-order valence-electron chi connectivity index (χ3n) is 4.71. The molecule has 1 fully saturated rings. The van der Waals surface area contributed by atoms with Gasteiger partial charge in [-0.1, -0.05) is 0 Å². The van der Waals surface area contributed by atoms with Gasteiger partial charge in [0.2, 0.25) is 6.23 Å². The zero-order valence-corrected chi connectivity index (χ0v) is 16.4. The van der Waals surface area contributed by atoms with Crippen molar-refractivity contribution in [2.24, 2.45) is 0 Å². The zero-order valence-electron chi connectivity index (χ0n) is 16.4. The Morgan fingerprint density at radius 3 is 2.21 bits per heavy atom. The fourth-order valence-electron chi connectivity index (χ4n) is 3.17. The summed E-state index contributed by atoms with van der Waals surface area (Å²) in [5, 5.41) is 19.4. The number of hydrogen-bond acceptors (Lipinski definition) is 5. The topological polar surface area (TPSA) is 89.2 Å². The summed E-state index contributed by atoms with van der Waals surface area (Å²) in [7, 11) is 0. The Morgan fingerprint density at radius 2 is 1.65 bits per heavy atom. The number of anilines is 2. The van der Waals surface area contributed by atoms with E-state index in [-0.39, 0.29) is 0 Å². The summed E-state index contributed by atoms with van der Waals surface area (Å²) >= 11 is 0. The Balaban J connectivity index is 1.92. The predicted octanol–water partition coefficient (Wildman–Crippen LogP) is 4.46. The average Bonchev–Trinajstić information content (AvgIpc) is 3.21. The first-order valence-electron chi connectivity index (χ1n) is 9.06. The molecule has 0 radical (unpaired) electrons. The molecule has 0 spiro atoms. The summed E-state index contributed by atoms with van der Waals surface area (Å²) in [5.41, 5.74) is -4.43. The molecule has 2 aromatic rings. The van der Waals surface area contributed by atoms with Crippen LogP contribution in [0.2, 0.25) is 0 Å². The quantitative estimate of drug-likeness (QED) is 0.642. The van der Waals surface area contributed by atoms with Crippen molar-refractivity contribution in [3.63, 3.8) is 0 Å². The van der Waals surface area contributed by atoms with Gasteiger partial charge in [0, 0.05) is 11.8 Å². The molecule has 1 N–H and O–H groups in total. The van der Waals surface area contributed by atoms with E-state index in [0.717, 1.165) is 6.07 Å². The molecule has 14 heteroatoms. The van der Waals surface area contributed by atoms with Gasteiger partial charge in [-0.3, -0.25) is 4.79 Å². The zero-order chi connectivity index (χ0) is 25.4. The van der Waals surface area contributed by atoms with Crippen LogP contribution in [0.4, 0.5) is 46.5 Å². The molecule has 2 atom stereocenters. The molecule has 1 aliphatic heterocycles. The number of carbonyl (C=O) groups excluding carboxylic acids is 1. The van der Waals surface area contributed by atoms with Crippen LogP contribution in [-0.2, 0) is 15.7 Å². The number of benzene rings is 2. The van der Waals surface area contributed by atoms with Gasteiger partial charge in [0.1, 0.15) is 17.7 Å². The number of ether oxygens (including phenoxy) is 1. The second-order valence-corrected chi connectivity index (χ2v) is 6.92. The van der Waals surface area contributed by atoms with Crippen LogP contribution in [0.25, 0.3) is 0 Å². The van der Waals surface area contributed by atoms with Crippen LogP contribution in [0, 0.1) is 34.3 Å². The fraction of sp³-hybridized carbons (Fsp3) is 0.250. The van der Waals surface area contributed by atoms with Gasteiger partial charge in [-0.2, -0.15) is 36.9 Å². The second-order valence-electron chi connectivity index (χ2n) is 6.92. The van der Waals surface area contributed by atoms with Gasteiger partial charge in [0.05, 0.1) is 35.0 Å². The minimum atomic E-state index is -5.16. The molecule has 0 saturated carbocycles. The molecular weight excluding hydrogens is 480 g/mol. The maximum atomic E-state index is 14.0. The van der Waals surface area contributed by atoms with Crippen LogP contribution < -0.4 is 10.2 Å². The van der Waals surface area contributed by atoms with Gasteiger partial charge in [0.25, 0.3) is 5.91 Å². The maximum absolute atomic E-state index is 14.0. The van der Waals surface area contributed by atoms with Crippen molar-refractivity contribution in [3.8, 4) is 12.1 Å². The lowest BCUT2D eigenvalue weighted by Gasteiger charge is -2.27. The molecule has 0 aliphatic carbocycles. The van der Waals surface area contributed by atoms with Crippen LogP contribution in [0.15, 0.2) is 30.3 Å². The van der Waals surface area contributed by atoms with Crippen LogP contribution in [-0.4, -0.2) is 31.0 Å². The fourth-order valence-corrected chi connectivity index (χ4v) is 3.17. The Labute approximate surface area is 185 Å². The van der Waals surface area contributed by atoms with Gasteiger partial charge in [-0.15, -0.1) is 0 Å². The van der Waals surface area contributed by atoms with Crippen molar-refractivity contribution >= 4 is 17.3 Å². The summed E-state index contributed by atoms with van der Waals surface area (Å²) in [5.74, 6) is -3.81. The van der Waals surface area contributed by atoms with Gasteiger partial charge in [-0.25, -0.2) is 8.78 Å². The number of carbonyl (C=O) groups is 1. The van der Waals surface area contributed by atoms with Gasteiger partial charge in [0.15, 0.2) is 6.10 Å². The molecule has 34 heavy (non-hydrogen) atoms. The van der Waals surface area contributed by atoms with Gasteiger partial charge in [-0.05, 0) is 24.3 Å². The van der Waals surface area contributed by atoms with E-state index in [2.05, 4.69) is 0 Å². The molecule has 1 aliphatic rings. The number of nitriles is 2. The smallest absolute Gasteiger partial charge is 0.335 e. The molecule has 0 aromatic heterocycles. The van der Waals surface area contributed by atoms with Crippen molar-refractivity contribution in [2.45, 2.75) is 24.7 Å². The first kappa shape index (κ1) is 24.7. The van der Waals surface area contributed by atoms with Crippen molar-refractivity contribution in [1.82, 2.24) is 0 Å². The molecule has 1 saturated heterocycles. The average molecular weight is 490 g/mol. The van der Waals surface area contributed by atoms with Crippen molar-refractivity contribution in [2.75, 3.05) is 16.8 Å². The van der Waals surface area contributed by atoms with Crippen molar-refractivity contribution in [1.29, 1.82) is 10.5 Å². The summed E-state index contributed by atoms with van der Waals surface area (Å²) in [6.45, 7) is -0.903. The number of nitrogens with zero attached hydrogens (tertiary/aromatic N) is 3. The number of alkyl halides is 6. The minimum absolute atomic E-state index is 0.316. The molecular formula is C20H10F8N4O2. The number of halogens is 8. The molecule has 178 valence electrons. The Hall–Kier alpha value is -3.91. The Kier molecular flexibility index (Phi) is 6.40. The number of nitrogens with one attached hydrogen (secondary N) is 1. The van der Waals surface area contributed by atoms with Crippen LogP contribution in [0.1, 0.15) is 16.7 Å². The van der Waals surface area contributed by atoms with E-state index in [0.29, 0.717) is 29.2 Å². The Morgan fingerprint density at radius 1 is 1.00 bits per heavy atom.